The Kier molecular flexibility index (Phi) is 7.48. The highest BCUT2D eigenvalue weighted by Gasteiger charge is 2.35. The van der Waals surface area contributed by atoms with E-state index >= 15 is 0 Å². The van der Waals surface area contributed by atoms with Gasteiger partial charge in [0.2, 0.25) is 0 Å². The summed E-state index contributed by atoms with van der Waals surface area (Å²) in [5, 5.41) is 0. The van der Waals surface area contributed by atoms with Crippen LogP contribution in [-0.4, -0.2) is 48.4 Å². The van der Waals surface area contributed by atoms with Gasteiger partial charge in [-0.25, -0.2) is 0 Å². The Balaban J connectivity index is 2.10. The van der Waals surface area contributed by atoms with Crippen molar-refractivity contribution in [3.63, 3.8) is 0 Å². The monoisotopic (exact) mass is 422 g/mol. The van der Waals surface area contributed by atoms with Gasteiger partial charge in [-0.3, -0.25) is 9.59 Å². The summed E-state index contributed by atoms with van der Waals surface area (Å²) in [7, 11) is 3.32. The normalized spacial score (nSPS) is 12.2. The van der Waals surface area contributed by atoms with E-state index in [1.165, 1.54) is 34.9 Å². The van der Waals surface area contributed by atoms with Crippen molar-refractivity contribution in [2.45, 2.75) is 32.7 Å². The topological polar surface area (TPSA) is 49.9 Å². The third kappa shape index (κ3) is 5.75. The molecule has 2 aromatic rings. The summed E-state index contributed by atoms with van der Waals surface area (Å²) in [6.07, 6.45) is -5.67. The number of hydrogen-bond donors (Lipinski definition) is 0. The van der Waals surface area contributed by atoms with Gasteiger partial charge >= 0.3 is 6.18 Å². The van der Waals surface area contributed by atoms with Gasteiger partial charge in [0, 0.05) is 32.7 Å². The van der Waals surface area contributed by atoms with E-state index in [1.54, 1.807) is 45.3 Å². The van der Waals surface area contributed by atoms with Gasteiger partial charge in [-0.2, -0.15) is 13.2 Å². The highest BCUT2D eigenvalue weighted by atomic mass is 19.4. The highest BCUT2D eigenvalue weighted by Crippen LogP contribution is 2.36. The zero-order valence-electron chi connectivity index (χ0n) is 17.4. The molecule has 0 spiro atoms. The number of ether oxygens (including phenoxy) is 1. The van der Waals surface area contributed by atoms with Crippen molar-refractivity contribution in [1.82, 2.24) is 9.80 Å². The van der Waals surface area contributed by atoms with E-state index in [-0.39, 0.29) is 18.2 Å². The number of carbonyl (C=O) groups excluding carboxylic acids is 2. The lowest BCUT2D eigenvalue weighted by Gasteiger charge is -2.26. The predicted octanol–water partition coefficient (Wildman–Crippen LogP) is 4.22. The fraction of sp³-hybridized carbons (Fsp3) is 0.364. The SMILES string of the molecule is CCN(Cc1ccc(C(=O)N(C)C)cc1)C(=O)C(C)Oc1ccccc1C(F)(F)F. The fourth-order valence-corrected chi connectivity index (χ4v) is 2.88. The van der Waals surface area contributed by atoms with Crippen LogP contribution in [0.15, 0.2) is 48.5 Å². The Morgan fingerprint density at radius 2 is 1.63 bits per heavy atom. The molecule has 5 nitrogen and oxygen atoms in total. The molecule has 0 bridgehead atoms. The van der Waals surface area contributed by atoms with E-state index in [1.807, 2.05) is 0 Å². The maximum atomic E-state index is 13.1. The number of amides is 2. The second kappa shape index (κ2) is 9.65. The van der Waals surface area contributed by atoms with Gasteiger partial charge in [0.25, 0.3) is 11.8 Å². The molecule has 8 heteroatoms. The van der Waals surface area contributed by atoms with Crippen LogP contribution < -0.4 is 4.74 Å². The number of para-hydroxylation sites is 1. The number of halogens is 3. The second-order valence-corrected chi connectivity index (χ2v) is 7.00. The summed E-state index contributed by atoms with van der Waals surface area (Å²) in [5.41, 5.74) is 0.399. The van der Waals surface area contributed by atoms with Crippen molar-refractivity contribution in [3.8, 4) is 5.75 Å². The van der Waals surface area contributed by atoms with Crippen LogP contribution in [0.2, 0.25) is 0 Å². The molecule has 2 aromatic carbocycles. The van der Waals surface area contributed by atoms with Crippen LogP contribution in [0.3, 0.4) is 0 Å². The van der Waals surface area contributed by atoms with E-state index in [2.05, 4.69) is 0 Å². The molecule has 1 atom stereocenters. The predicted molar refractivity (Wildman–Crippen MR) is 107 cm³/mol. The Morgan fingerprint density at radius 3 is 2.17 bits per heavy atom. The largest absolute Gasteiger partial charge is 0.480 e. The molecule has 0 saturated heterocycles. The van der Waals surface area contributed by atoms with Gasteiger partial charge in [0.1, 0.15) is 5.75 Å². The Bertz CT molecular complexity index is 880. The molecule has 0 saturated carbocycles. The summed E-state index contributed by atoms with van der Waals surface area (Å²) in [6.45, 7) is 3.81. The molecule has 0 heterocycles. The molecule has 1 unspecified atom stereocenters. The first kappa shape index (κ1) is 23.3. The summed E-state index contributed by atoms with van der Waals surface area (Å²) < 4.78 is 44.8. The molecule has 0 aliphatic carbocycles. The minimum atomic E-state index is -4.57. The zero-order chi connectivity index (χ0) is 22.5. The smallest absolute Gasteiger partial charge is 0.419 e. The lowest BCUT2D eigenvalue weighted by atomic mass is 10.1. The minimum Gasteiger partial charge on any atom is -0.480 e. The first-order valence-electron chi connectivity index (χ1n) is 9.46. The Labute approximate surface area is 174 Å². The van der Waals surface area contributed by atoms with Crippen molar-refractivity contribution in [1.29, 1.82) is 0 Å². The van der Waals surface area contributed by atoms with Crippen LogP contribution >= 0.6 is 0 Å². The van der Waals surface area contributed by atoms with E-state index in [4.69, 9.17) is 4.74 Å². The molecular formula is C22H25F3N2O3. The van der Waals surface area contributed by atoms with Crippen LogP contribution in [-0.2, 0) is 17.5 Å². The number of hydrogen-bond acceptors (Lipinski definition) is 3. The van der Waals surface area contributed by atoms with Crippen LogP contribution in [0.25, 0.3) is 0 Å². The van der Waals surface area contributed by atoms with Crippen LogP contribution in [0, 0.1) is 0 Å². The molecule has 0 aromatic heterocycles. The van der Waals surface area contributed by atoms with E-state index < -0.39 is 23.8 Å². The highest BCUT2D eigenvalue weighted by molar-refractivity contribution is 5.93. The first-order valence-corrected chi connectivity index (χ1v) is 9.46. The molecule has 0 aliphatic rings. The molecule has 30 heavy (non-hydrogen) atoms. The molecule has 0 aliphatic heterocycles. The lowest BCUT2D eigenvalue weighted by molar-refractivity contribution is -0.143. The van der Waals surface area contributed by atoms with Gasteiger partial charge in [-0.15, -0.1) is 0 Å². The van der Waals surface area contributed by atoms with Gasteiger partial charge in [0.05, 0.1) is 5.56 Å². The molecule has 2 amide bonds. The lowest BCUT2D eigenvalue weighted by Crippen LogP contribution is -2.40. The molecular weight excluding hydrogens is 397 g/mol. The van der Waals surface area contributed by atoms with Crippen LogP contribution in [0.4, 0.5) is 13.2 Å². The van der Waals surface area contributed by atoms with Crippen molar-refractivity contribution in [3.05, 3.63) is 65.2 Å². The van der Waals surface area contributed by atoms with E-state index in [9.17, 15) is 22.8 Å². The summed E-state index contributed by atoms with van der Waals surface area (Å²) in [6, 6.07) is 11.7. The van der Waals surface area contributed by atoms with Crippen molar-refractivity contribution < 1.29 is 27.5 Å². The molecule has 0 radical (unpaired) electrons. The summed E-state index contributed by atoms with van der Waals surface area (Å²) >= 11 is 0. The number of carbonyl (C=O) groups is 2. The second-order valence-electron chi connectivity index (χ2n) is 7.00. The van der Waals surface area contributed by atoms with E-state index in [0.29, 0.717) is 12.1 Å². The van der Waals surface area contributed by atoms with Crippen molar-refractivity contribution in [2.75, 3.05) is 20.6 Å². The summed E-state index contributed by atoms with van der Waals surface area (Å²) in [4.78, 5) is 27.7. The number of likely N-dealkylation sites (N-methyl/N-ethyl adjacent to an activating group) is 1. The molecule has 0 N–H and O–H groups in total. The van der Waals surface area contributed by atoms with Crippen molar-refractivity contribution in [2.24, 2.45) is 0 Å². The van der Waals surface area contributed by atoms with Gasteiger partial charge in [-0.1, -0.05) is 24.3 Å². The molecule has 0 fully saturated rings. The van der Waals surface area contributed by atoms with Gasteiger partial charge < -0.3 is 14.5 Å². The zero-order valence-corrected chi connectivity index (χ0v) is 17.4. The number of nitrogens with zero attached hydrogens (tertiary/aromatic N) is 2. The summed E-state index contributed by atoms with van der Waals surface area (Å²) in [5.74, 6) is -0.938. The number of alkyl halides is 3. The number of benzene rings is 2. The minimum absolute atomic E-state index is 0.129. The standard InChI is InChI=1S/C22H25F3N2O3/c1-5-27(14-16-10-12-17(13-11-16)21(29)26(3)4)20(28)15(2)30-19-9-7-6-8-18(19)22(23,24)25/h6-13,15H,5,14H2,1-4H3. The Hall–Kier alpha value is -3.03. The maximum absolute atomic E-state index is 13.1. The average Bonchev–Trinajstić information content (AvgIpc) is 2.70. The third-order valence-corrected chi connectivity index (χ3v) is 4.52. The van der Waals surface area contributed by atoms with Crippen LogP contribution in [0.5, 0.6) is 5.75 Å². The number of rotatable bonds is 7. The van der Waals surface area contributed by atoms with Gasteiger partial charge in [0.15, 0.2) is 6.10 Å². The Morgan fingerprint density at radius 1 is 1.03 bits per heavy atom. The van der Waals surface area contributed by atoms with E-state index in [0.717, 1.165) is 11.6 Å². The quantitative estimate of drug-likeness (QED) is 0.671. The van der Waals surface area contributed by atoms with Crippen LogP contribution in [0.1, 0.15) is 35.3 Å². The van der Waals surface area contributed by atoms with Crippen molar-refractivity contribution >= 4 is 11.8 Å². The molecule has 162 valence electrons. The van der Waals surface area contributed by atoms with Gasteiger partial charge in [-0.05, 0) is 43.7 Å². The molecule has 2 rings (SSSR count). The fourth-order valence-electron chi connectivity index (χ4n) is 2.88. The maximum Gasteiger partial charge on any atom is 0.419 e. The average molecular weight is 422 g/mol. The first-order chi connectivity index (χ1) is 14.0. The third-order valence-electron chi connectivity index (χ3n) is 4.52.